The molecule has 0 radical (unpaired) electrons. The third kappa shape index (κ3) is 8.11. The fourth-order valence-electron chi connectivity index (χ4n) is 5.22. The lowest BCUT2D eigenvalue weighted by molar-refractivity contribution is 0.0983. The molecule has 218 valence electrons. The second-order valence-corrected chi connectivity index (χ2v) is 14.5. The Kier molecular flexibility index (Phi) is 9.32. The van der Waals surface area contributed by atoms with Crippen LogP contribution in [0.4, 0.5) is 14.9 Å². The molecule has 40 heavy (non-hydrogen) atoms. The number of nitrogens with zero attached hydrogens (tertiary/aromatic N) is 4. The lowest BCUT2D eigenvalue weighted by atomic mass is 9.96. The molecule has 4 rings (SSSR count). The van der Waals surface area contributed by atoms with E-state index in [1.165, 1.54) is 28.9 Å². The van der Waals surface area contributed by atoms with Crippen LogP contribution in [-0.4, -0.2) is 92.3 Å². The zero-order chi connectivity index (χ0) is 29.1. The van der Waals surface area contributed by atoms with Crippen LogP contribution in [0.5, 0.6) is 0 Å². The maximum atomic E-state index is 14.9. The first kappa shape index (κ1) is 30.1. The van der Waals surface area contributed by atoms with E-state index in [1.54, 1.807) is 6.07 Å². The predicted octanol–water partition coefficient (Wildman–Crippen LogP) is 4.05. The first-order valence-corrected chi connectivity index (χ1v) is 15.7. The van der Waals surface area contributed by atoms with E-state index in [2.05, 4.69) is 30.6 Å². The van der Waals surface area contributed by atoms with Crippen molar-refractivity contribution in [3.63, 3.8) is 0 Å². The van der Waals surface area contributed by atoms with Crippen molar-refractivity contribution in [2.75, 3.05) is 62.2 Å². The molecule has 2 heterocycles. The summed E-state index contributed by atoms with van der Waals surface area (Å²) in [5, 5.41) is 0. The van der Waals surface area contributed by atoms with Crippen LogP contribution in [0.3, 0.4) is 0 Å². The van der Waals surface area contributed by atoms with Gasteiger partial charge in [0.15, 0.2) is 15.6 Å². The van der Waals surface area contributed by atoms with Gasteiger partial charge in [-0.15, -0.1) is 0 Å². The molecule has 10 heteroatoms. The van der Waals surface area contributed by atoms with Crippen LogP contribution in [-0.2, 0) is 22.9 Å². The zero-order valence-corrected chi connectivity index (χ0v) is 24.8. The van der Waals surface area contributed by atoms with Gasteiger partial charge in [0.25, 0.3) is 0 Å². The minimum Gasteiger partial charge on any atom is -0.322 e. The molecule has 2 aromatic rings. The van der Waals surface area contributed by atoms with Crippen LogP contribution in [0, 0.1) is 11.2 Å². The summed E-state index contributed by atoms with van der Waals surface area (Å²) in [4.78, 5) is 33.2. The highest BCUT2D eigenvalue weighted by Crippen LogP contribution is 2.24. The van der Waals surface area contributed by atoms with Gasteiger partial charge in [-0.3, -0.25) is 14.6 Å². The molecular weight excluding hydrogens is 531 g/mol. The number of ketones is 1. The molecule has 0 N–H and O–H groups in total. The number of Topliss-reactive ketones (excluding diaryl/α,β-unsaturated/α-hetero) is 1. The monoisotopic (exact) mass is 572 g/mol. The molecule has 0 saturated carbocycles. The fourth-order valence-corrected chi connectivity index (χ4v) is 6.43. The number of urea groups is 1. The van der Waals surface area contributed by atoms with Crippen molar-refractivity contribution in [1.82, 2.24) is 14.7 Å². The number of amides is 2. The number of carbonyl (C=O) groups excluding carboxylic acids is 2. The molecule has 2 aliphatic heterocycles. The highest BCUT2D eigenvalue weighted by atomic mass is 32.2. The lowest BCUT2D eigenvalue weighted by Gasteiger charge is -2.38. The van der Waals surface area contributed by atoms with Gasteiger partial charge in [-0.05, 0) is 36.1 Å². The van der Waals surface area contributed by atoms with Gasteiger partial charge in [0.1, 0.15) is 5.82 Å². The number of rotatable bonds is 7. The van der Waals surface area contributed by atoms with Gasteiger partial charge < -0.3 is 9.80 Å². The molecule has 2 fully saturated rings. The first-order chi connectivity index (χ1) is 18.8. The van der Waals surface area contributed by atoms with Crippen molar-refractivity contribution in [1.29, 1.82) is 0 Å². The Bertz CT molecular complexity index is 1300. The SMILES string of the molecule is CC(=O)c1ccc(CN(C(=O)N2CCS(=O)(=O)CC2)c2ccc(CN3CCN(CC(C)(C)C)CC3)cc2)c(F)c1. The van der Waals surface area contributed by atoms with E-state index in [-0.39, 0.29) is 59.5 Å². The predicted molar refractivity (Wildman–Crippen MR) is 156 cm³/mol. The van der Waals surface area contributed by atoms with Gasteiger partial charge in [-0.2, -0.15) is 0 Å². The second kappa shape index (κ2) is 12.4. The Morgan fingerprint density at radius 1 is 0.900 bits per heavy atom. The van der Waals surface area contributed by atoms with E-state index >= 15 is 0 Å². The number of carbonyl (C=O) groups is 2. The Morgan fingerprint density at radius 3 is 2.05 bits per heavy atom. The number of sulfone groups is 1. The van der Waals surface area contributed by atoms with E-state index < -0.39 is 15.7 Å². The Labute approximate surface area is 237 Å². The Hall–Kier alpha value is -2.82. The maximum Gasteiger partial charge on any atom is 0.324 e. The van der Waals surface area contributed by atoms with Crippen molar-refractivity contribution in [3.05, 3.63) is 65.0 Å². The Morgan fingerprint density at radius 2 is 1.50 bits per heavy atom. The largest absolute Gasteiger partial charge is 0.324 e. The van der Waals surface area contributed by atoms with Crippen LogP contribution in [0.15, 0.2) is 42.5 Å². The zero-order valence-electron chi connectivity index (χ0n) is 24.0. The smallest absolute Gasteiger partial charge is 0.322 e. The standard InChI is InChI=1S/C30H41FN4O4S/c1-23(36)25-7-8-26(28(31)19-25)21-35(29(37)34-15-17-40(38,39)18-16-34)27-9-5-24(6-10-27)20-32-11-13-33(14-12-32)22-30(2,3)4/h5-10,19H,11-18,20-22H2,1-4H3. The molecular formula is C30H41FN4O4S. The summed E-state index contributed by atoms with van der Waals surface area (Å²) in [7, 11) is -3.16. The van der Waals surface area contributed by atoms with Crippen molar-refractivity contribution < 1.29 is 22.4 Å². The molecule has 0 aromatic heterocycles. The normalized spacial score (nSPS) is 18.5. The summed E-state index contributed by atoms with van der Waals surface area (Å²) in [6.45, 7) is 14.3. The quantitative estimate of drug-likeness (QED) is 0.466. The van der Waals surface area contributed by atoms with Gasteiger partial charge in [0.05, 0.1) is 18.1 Å². The molecule has 2 aliphatic rings. The summed E-state index contributed by atoms with van der Waals surface area (Å²) in [5.41, 5.74) is 2.56. The first-order valence-electron chi connectivity index (χ1n) is 13.9. The van der Waals surface area contributed by atoms with Gasteiger partial charge in [-0.25, -0.2) is 17.6 Å². The van der Waals surface area contributed by atoms with E-state index in [0.717, 1.165) is 44.8 Å². The number of halogens is 1. The summed E-state index contributed by atoms with van der Waals surface area (Å²) < 4.78 is 38.8. The van der Waals surface area contributed by atoms with E-state index in [0.29, 0.717) is 5.69 Å². The molecule has 2 amide bonds. The number of hydrogen-bond donors (Lipinski definition) is 0. The minimum atomic E-state index is -3.16. The molecule has 0 aliphatic carbocycles. The average Bonchev–Trinajstić information content (AvgIpc) is 2.88. The highest BCUT2D eigenvalue weighted by Gasteiger charge is 2.30. The van der Waals surface area contributed by atoms with Crippen LogP contribution >= 0.6 is 0 Å². The minimum absolute atomic E-state index is 0.0405. The average molecular weight is 573 g/mol. The maximum absolute atomic E-state index is 14.9. The van der Waals surface area contributed by atoms with Crippen molar-refractivity contribution >= 4 is 27.3 Å². The molecule has 0 unspecified atom stereocenters. The third-order valence-corrected chi connectivity index (χ3v) is 9.06. The van der Waals surface area contributed by atoms with Crippen molar-refractivity contribution in [3.8, 4) is 0 Å². The van der Waals surface area contributed by atoms with Crippen LogP contribution < -0.4 is 4.90 Å². The molecule has 2 aromatic carbocycles. The topological polar surface area (TPSA) is 81.2 Å². The number of benzene rings is 2. The summed E-state index contributed by atoms with van der Waals surface area (Å²) >= 11 is 0. The molecule has 8 nitrogen and oxygen atoms in total. The van der Waals surface area contributed by atoms with Gasteiger partial charge in [0.2, 0.25) is 0 Å². The number of piperazine rings is 1. The summed E-state index contributed by atoms with van der Waals surface area (Å²) in [6, 6.07) is 11.6. The number of anilines is 1. The van der Waals surface area contributed by atoms with Crippen molar-refractivity contribution in [2.45, 2.75) is 40.8 Å². The lowest BCUT2D eigenvalue weighted by Crippen LogP contribution is -2.49. The molecule has 0 atom stereocenters. The number of hydrogen-bond acceptors (Lipinski definition) is 6. The van der Waals surface area contributed by atoms with Crippen LogP contribution in [0.2, 0.25) is 0 Å². The third-order valence-electron chi connectivity index (χ3n) is 7.45. The van der Waals surface area contributed by atoms with Gasteiger partial charge >= 0.3 is 6.03 Å². The second-order valence-electron chi connectivity index (χ2n) is 12.1. The van der Waals surface area contributed by atoms with E-state index in [1.807, 2.05) is 24.3 Å². The summed E-state index contributed by atoms with van der Waals surface area (Å²) in [5.74, 6) is -0.972. The molecule has 2 saturated heterocycles. The summed E-state index contributed by atoms with van der Waals surface area (Å²) in [6.07, 6.45) is 0. The molecule has 0 spiro atoms. The Balaban J connectivity index is 1.48. The highest BCUT2D eigenvalue weighted by molar-refractivity contribution is 7.91. The van der Waals surface area contributed by atoms with Gasteiger partial charge in [0, 0.05) is 69.2 Å². The van der Waals surface area contributed by atoms with E-state index in [9.17, 15) is 22.4 Å². The van der Waals surface area contributed by atoms with Crippen LogP contribution in [0.1, 0.15) is 49.2 Å². The van der Waals surface area contributed by atoms with Crippen LogP contribution in [0.25, 0.3) is 0 Å². The van der Waals surface area contributed by atoms with Gasteiger partial charge in [-0.1, -0.05) is 45.0 Å². The molecule has 0 bridgehead atoms. The van der Waals surface area contributed by atoms with E-state index in [4.69, 9.17) is 0 Å². The fraction of sp³-hybridized carbons (Fsp3) is 0.533. The van der Waals surface area contributed by atoms with Crippen molar-refractivity contribution in [2.24, 2.45) is 5.41 Å².